The van der Waals surface area contributed by atoms with Crippen LogP contribution in [0.25, 0.3) is 16.6 Å². The quantitative estimate of drug-likeness (QED) is 0.195. The van der Waals surface area contributed by atoms with E-state index in [4.69, 9.17) is 9.84 Å². The van der Waals surface area contributed by atoms with Crippen molar-refractivity contribution in [2.45, 2.75) is 63.5 Å². The number of piperidine rings is 3. The summed E-state index contributed by atoms with van der Waals surface area (Å²) in [7, 11) is 0. The second-order valence-corrected chi connectivity index (χ2v) is 16.3. The molecule has 1 aliphatic carbocycles. The van der Waals surface area contributed by atoms with Gasteiger partial charge in [-0.2, -0.15) is 10.2 Å². The number of hydrogen-bond acceptors (Lipinski definition) is 11. The lowest BCUT2D eigenvalue weighted by Crippen LogP contribution is -2.54. The Bertz CT molecular complexity index is 2480. The normalized spacial score (nSPS) is 21.9. The molecule has 1 unspecified atom stereocenters. The molecule has 10 rings (SSSR count). The van der Waals surface area contributed by atoms with Gasteiger partial charge in [-0.05, 0) is 87.1 Å². The van der Waals surface area contributed by atoms with Crippen molar-refractivity contribution in [1.82, 2.24) is 39.5 Å². The third kappa shape index (κ3) is 6.84. The zero-order chi connectivity index (χ0) is 39.5. The highest BCUT2D eigenvalue weighted by atomic mass is 16.5. The molecule has 0 radical (unpaired) electrons. The number of anilines is 2. The van der Waals surface area contributed by atoms with Gasteiger partial charge in [0.1, 0.15) is 17.4 Å². The van der Waals surface area contributed by atoms with Crippen molar-refractivity contribution >= 4 is 57.5 Å². The van der Waals surface area contributed by atoms with Gasteiger partial charge in [-0.3, -0.25) is 38.9 Å². The Morgan fingerprint density at radius 1 is 0.931 bits per heavy atom. The van der Waals surface area contributed by atoms with E-state index in [1.807, 2.05) is 18.2 Å². The standard InChI is InChI=1S/C42H44N10O6/c53-37-9-8-35(40(55)46-37)52-41(56)30-7-6-29(18-31(30)42(52)57)49-13-1-3-26(22-49)21-48-15-10-28(11-16-48)51-23-27-17-34(36(19-33(27)47-51)58-24-25-4-5-25)45-39(54)32-20-44-50-14-2-12-43-38(32)50/h2,6-7,12,14,17-20,23,25-26,28,35H,1,3-5,8-11,13,15-16,21-22,24H2,(H,45,54)(H,46,53,55)/t26-,35?/m1/s1. The molecule has 4 aliphatic heterocycles. The Balaban J connectivity index is 0.778. The topological polar surface area (TPSA) is 176 Å². The first-order valence-electron chi connectivity index (χ1n) is 20.3. The van der Waals surface area contributed by atoms with Gasteiger partial charge in [-0.15, -0.1) is 0 Å². The fourth-order valence-corrected chi connectivity index (χ4v) is 8.98. The summed E-state index contributed by atoms with van der Waals surface area (Å²) >= 11 is 0. The third-order valence-electron chi connectivity index (χ3n) is 12.3. The van der Waals surface area contributed by atoms with Gasteiger partial charge < -0.3 is 19.9 Å². The van der Waals surface area contributed by atoms with Crippen LogP contribution in [0.4, 0.5) is 11.4 Å². The van der Waals surface area contributed by atoms with Gasteiger partial charge in [0.05, 0.1) is 41.2 Å². The van der Waals surface area contributed by atoms with Crippen LogP contribution in [0, 0.1) is 11.8 Å². The number of rotatable bonds is 10. The van der Waals surface area contributed by atoms with Crippen molar-refractivity contribution in [2.24, 2.45) is 11.8 Å². The smallest absolute Gasteiger partial charge is 0.262 e. The fourth-order valence-electron chi connectivity index (χ4n) is 8.98. The van der Waals surface area contributed by atoms with Gasteiger partial charge in [0.2, 0.25) is 11.8 Å². The van der Waals surface area contributed by atoms with Crippen molar-refractivity contribution in [3.05, 3.63) is 77.9 Å². The molecule has 2 N–H and O–H groups in total. The summed E-state index contributed by atoms with van der Waals surface area (Å²) in [6, 6.07) is 10.3. The zero-order valence-electron chi connectivity index (χ0n) is 32.0. The molecule has 3 aromatic heterocycles. The SMILES string of the molecule is O=C1CCC(N2C(=O)c3ccc(N4CCC[C@H](CN5CCC(n6cc7cc(NC(=O)c8cnn9cccnc89)c(OCC8CC8)cc7n6)CC5)C4)cc3C2=O)C(=O)N1. The summed E-state index contributed by atoms with van der Waals surface area (Å²) in [6.07, 6.45) is 13.6. The highest BCUT2D eigenvalue weighted by Gasteiger charge is 2.45. The van der Waals surface area contributed by atoms with Crippen LogP contribution in [0.3, 0.4) is 0 Å². The largest absolute Gasteiger partial charge is 0.491 e. The molecule has 7 heterocycles. The van der Waals surface area contributed by atoms with Gasteiger partial charge in [-0.25, -0.2) is 9.50 Å². The predicted octanol–water partition coefficient (Wildman–Crippen LogP) is 4.07. The van der Waals surface area contributed by atoms with Gasteiger partial charge in [0, 0.05) is 74.9 Å². The van der Waals surface area contributed by atoms with Crippen LogP contribution in [-0.4, -0.2) is 109 Å². The van der Waals surface area contributed by atoms with Crippen molar-refractivity contribution in [2.75, 3.05) is 49.5 Å². The van der Waals surface area contributed by atoms with E-state index in [0.717, 1.165) is 92.7 Å². The molecule has 2 atom stereocenters. The summed E-state index contributed by atoms with van der Waals surface area (Å²) in [4.78, 5) is 74.5. The number of fused-ring (bicyclic) bond motifs is 3. The average molecular weight is 785 g/mol. The molecule has 298 valence electrons. The number of carbonyl (C=O) groups is 5. The van der Waals surface area contributed by atoms with E-state index in [9.17, 15) is 24.0 Å². The summed E-state index contributed by atoms with van der Waals surface area (Å²) in [6.45, 7) is 5.19. The Morgan fingerprint density at radius 3 is 2.60 bits per heavy atom. The number of ether oxygens (including phenoxy) is 1. The van der Waals surface area contributed by atoms with Crippen LogP contribution in [0.2, 0.25) is 0 Å². The lowest BCUT2D eigenvalue weighted by atomic mass is 9.95. The molecule has 0 spiro atoms. The molecule has 5 aromatic rings. The maximum atomic E-state index is 13.5. The fraction of sp³-hybridized carbons (Fsp3) is 0.429. The highest BCUT2D eigenvalue weighted by molar-refractivity contribution is 6.23. The third-order valence-corrected chi connectivity index (χ3v) is 12.3. The number of nitrogens with one attached hydrogen (secondary N) is 2. The number of benzene rings is 2. The van der Waals surface area contributed by atoms with Crippen molar-refractivity contribution in [3.8, 4) is 5.75 Å². The first-order chi connectivity index (χ1) is 28.3. The highest BCUT2D eigenvalue weighted by Crippen LogP contribution is 2.36. The maximum absolute atomic E-state index is 13.5. The monoisotopic (exact) mass is 784 g/mol. The number of likely N-dealkylation sites (tertiary alicyclic amines) is 1. The number of aromatic nitrogens is 5. The molecule has 5 amide bonds. The Labute approximate surface area is 333 Å². The van der Waals surface area contributed by atoms with Crippen LogP contribution >= 0.6 is 0 Å². The van der Waals surface area contributed by atoms with E-state index in [1.54, 1.807) is 35.1 Å². The first-order valence-corrected chi connectivity index (χ1v) is 20.3. The van der Waals surface area contributed by atoms with E-state index in [2.05, 4.69) is 41.4 Å². The summed E-state index contributed by atoms with van der Waals surface area (Å²) in [5.41, 5.74) is 3.80. The molecular formula is C42H44N10O6. The first kappa shape index (κ1) is 36.2. The van der Waals surface area contributed by atoms with Crippen LogP contribution in [-0.2, 0) is 9.59 Å². The van der Waals surface area contributed by atoms with Gasteiger partial charge in [0.25, 0.3) is 17.7 Å². The van der Waals surface area contributed by atoms with Crippen LogP contribution in [0.5, 0.6) is 5.75 Å². The molecule has 0 bridgehead atoms. The molecule has 4 fully saturated rings. The van der Waals surface area contributed by atoms with Crippen LogP contribution in [0.15, 0.2) is 61.2 Å². The second kappa shape index (κ2) is 14.7. The second-order valence-electron chi connectivity index (χ2n) is 16.3. The summed E-state index contributed by atoms with van der Waals surface area (Å²) < 4.78 is 9.91. The molecule has 1 saturated carbocycles. The Kier molecular flexibility index (Phi) is 9.14. The van der Waals surface area contributed by atoms with Crippen LogP contribution in [0.1, 0.15) is 88.5 Å². The molecule has 2 aromatic carbocycles. The van der Waals surface area contributed by atoms with Gasteiger partial charge in [-0.1, -0.05) is 0 Å². The lowest BCUT2D eigenvalue weighted by Gasteiger charge is -2.39. The molecular weight excluding hydrogens is 741 g/mol. The number of hydrogen-bond donors (Lipinski definition) is 2. The van der Waals surface area contributed by atoms with Gasteiger partial charge >= 0.3 is 0 Å². The van der Waals surface area contributed by atoms with E-state index in [-0.39, 0.29) is 24.8 Å². The van der Waals surface area contributed by atoms with E-state index in [0.29, 0.717) is 52.2 Å². The van der Waals surface area contributed by atoms with Crippen molar-refractivity contribution in [3.63, 3.8) is 0 Å². The zero-order valence-corrected chi connectivity index (χ0v) is 32.0. The molecule has 16 heteroatoms. The molecule has 3 saturated heterocycles. The predicted molar refractivity (Wildman–Crippen MR) is 212 cm³/mol. The minimum Gasteiger partial charge on any atom is -0.491 e. The minimum absolute atomic E-state index is 0.0905. The van der Waals surface area contributed by atoms with Crippen molar-refractivity contribution < 1.29 is 28.7 Å². The summed E-state index contributed by atoms with van der Waals surface area (Å²) in [5, 5.41) is 15.5. The minimum atomic E-state index is -0.978. The van der Waals surface area contributed by atoms with E-state index < -0.39 is 29.7 Å². The number of amides is 5. The lowest BCUT2D eigenvalue weighted by molar-refractivity contribution is -0.136. The Morgan fingerprint density at radius 2 is 1.78 bits per heavy atom. The number of carbonyl (C=O) groups excluding carboxylic acids is 5. The number of imide groups is 2. The molecule has 58 heavy (non-hydrogen) atoms. The van der Waals surface area contributed by atoms with E-state index in [1.165, 1.54) is 6.20 Å². The number of nitrogens with zero attached hydrogens (tertiary/aromatic N) is 8. The van der Waals surface area contributed by atoms with Crippen LogP contribution < -0.4 is 20.3 Å². The van der Waals surface area contributed by atoms with Gasteiger partial charge in [0.15, 0.2) is 5.65 Å². The van der Waals surface area contributed by atoms with E-state index >= 15 is 0 Å². The molecule has 16 nitrogen and oxygen atoms in total. The Hall–Kier alpha value is -6.16. The molecule has 5 aliphatic rings. The average Bonchev–Trinajstić information content (AvgIpc) is 3.72. The summed E-state index contributed by atoms with van der Waals surface area (Å²) in [5.74, 6) is -0.677. The maximum Gasteiger partial charge on any atom is 0.262 e. The van der Waals surface area contributed by atoms with Crippen molar-refractivity contribution in [1.29, 1.82) is 0 Å².